The lowest BCUT2D eigenvalue weighted by molar-refractivity contribution is 0.249. The molecule has 116 valence electrons. The molecule has 3 heterocycles. The van der Waals surface area contributed by atoms with Crippen molar-refractivity contribution in [2.45, 2.75) is 32.9 Å². The molecule has 1 fully saturated rings. The van der Waals surface area contributed by atoms with Crippen LogP contribution in [0.15, 0.2) is 40.9 Å². The minimum Gasteiger partial charge on any atom is -0.464 e. The van der Waals surface area contributed by atoms with Crippen LogP contribution < -0.4 is 5.32 Å². The molecule has 0 radical (unpaired) electrons. The van der Waals surface area contributed by atoms with Crippen molar-refractivity contribution in [3.63, 3.8) is 0 Å². The van der Waals surface area contributed by atoms with Crippen LogP contribution in [0.2, 0.25) is 0 Å². The summed E-state index contributed by atoms with van der Waals surface area (Å²) in [6.07, 6.45) is 1.82. The molecule has 0 bridgehead atoms. The van der Waals surface area contributed by atoms with Crippen molar-refractivity contribution < 1.29 is 4.42 Å². The average molecular weight is 315 g/mol. The molecule has 2 aromatic rings. The monoisotopic (exact) mass is 315 g/mol. The van der Waals surface area contributed by atoms with E-state index in [4.69, 9.17) is 16.6 Å². The van der Waals surface area contributed by atoms with Crippen LogP contribution in [0.1, 0.15) is 43.1 Å². The standard InChI is InChI=1S/C17H21N3OS/c1-11(2)10-20-16(14-8-7-12(3)21-14)15(19-17(20)22)13-6-4-5-9-18-13/h4-9,11,15-16H,10H2,1-3H3,(H,19,22)/t15-,16-/m1/s1. The highest BCUT2D eigenvalue weighted by atomic mass is 32.1. The van der Waals surface area contributed by atoms with E-state index in [1.807, 2.05) is 43.5 Å². The average Bonchev–Trinajstić information content (AvgIpc) is 3.04. The number of hydrogen-bond donors (Lipinski definition) is 1. The highest BCUT2D eigenvalue weighted by molar-refractivity contribution is 7.80. The number of rotatable bonds is 4. The third kappa shape index (κ3) is 2.86. The molecule has 5 heteroatoms. The molecule has 4 nitrogen and oxygen atoms in total. The smallest absolute Gasteiger partial charge is 0.170 e. The van der Waals surface area contributed by atoms with Gasteiger partial charge in [-0.3, -0.25) is 4.98 Å². The van der Waals surface area contributed by atoms with Crippen LogP contribution >= 0.6 is 12.2 Å². The van der Waals surface area contributed by atoms with Gasteiger partial charge in [0.2, 0.25) is 0 Å². The fourth-order valence-corrected chi connectivity index (χ4v) is 3.23. The summed E-state index contributed by atoms with van der Waals surface area (Å²) in [5.74, 6) is 2.36. The predicted molar refractivity (Wildman–Crippen MR) is 90.4 cm³/mol. The number of nitrogens with zero attached hydrogens (tertiary/aromatic N) is 2. The van der Waals surface area contributed by atoms with Gasteiger partial charge in [-0.2, -0.15) is 0 Å². The maximum atomic E-state index is 5.91. The summed E-state index contributed by atoms with van der Waals surface area (Å²) >= 11 is 5.57. The first-order chi connectivity index (χ1) is 10.6. The first-order valence-electron chi connectivity index (χ1n) is 7.60. The lowest BCUT2D eigenvalue weighted by Gasteiger charge is -2.27. The van der Waals surface area contributed by atoms with Crippen LogP contribution in [0.3, 0.4) is 0 Å². The molecule has 2 aromatic heterocycles. The van der Waals surface area contributed by atoms with Gasteiger partial charge in [-0.1, -0.05) is 19.9 Å². The van der Waals surface area contributed by atoms with Gasteiger partial charge in [0.25, 0.3) is 0 Å². The summed E-state index contributed by atoms with van der Waals surface area (Å²) in [7, 11) is 0. The minimum atomic E-state index is 0.0120. The van der Waals surface area contributed by atoms with Gasteiger partial charge in [-0.15, -0.1) is 0 Å². The Bertz CT molecular complexity index is 653. The maximum absolute atomic E-state index is 5.91. The Kier molecular flexibility index (Phi) is 4.16. The van der Waals surface area contributed by atoms with E-state index in [2.05, 4.69) is 29.0 Å². The van der Waals surface area contributed by atoms with Crippen molar-refractivity contribution in [1.29, 1.82) is 0 Å². The van der Waals surface area contributed by atoms with Crippen LogP contribution in [0.4, 0.5) is 0 Å². The molecule has 0 unspecified atom stereocenters. The first kappa shape index (κ1) is 15.0. The van der Waals surface area contributed by atoms with Crippen LogP contribution in [-0.2, 0) is 0 Å². The minimum absolute atomic E-state index is 0.0120. The Labute approximate surface area is 136 Å². The number of pyridine rings is 1. The van der Waals surface area contributed by atoms with Crippen molar-refractivity contribution in [3.8, 4) is 0 Å². The van der Waals surface area contributed by atoms with Gasteiger partial charge in [0.1, 0.15) is 17.6 Å². The zero-order valence-electron chi connectivity index (χ0n) is 13.1. The van der Waals surface area contributed by atoms with Gasteiger partial charge in [-0.05, 0) is 49.3 Å². The molecular formula is C17H21N3OS. The number of aromatic nitrogens is 1. The Hall–Kier alpha value is -1.88. The van der Waals surface area contributed by atoms with E-state index in [0.717, 1.165) is 28.9 Å². The SMILES string of the molecule is Cc1ccc([C@@H]2[C@@H](c3ccccn3)NC(=S)N2CC(C)C)o1. The fourth-order valence-electron chi connectivity index (χ4n) is 2.92. The molecule has 1 aliphatic heterocycles. The molecule has 3 rings (SSSR count). The van der Waals surface area contributed by atoms with Gasteiger partial charge in [0.15, 0.2) is 5.11 Å². The third-order valence-corrected chi connectivity index (χ3v) is 4.16. The molecular weight excluding hydrogens is 294 g/mol. The molecule has 0 aliphatic carbocycles. The van der Waals surface area contributed by atoms with E-state index in [1.165, 1.54) is 0 Å². The normalized spacial score (nSPS) is 21.5. The number of hydrogen-bond acceptors (Lipinski definition) is 3. The molecule has 0 saturated carbocycles. The van der Waals surface area contributed by atoms with Gasteiger partial charge in [0.05, 0.1) is 11.7 Å². The van der Waals surface area contributed by atoms with Gasteiger partial charge < -0.3 is 14.6 Å². The predicted octanol–water partition coefficient (Wildman–Crippen LogP) is 3.61. The van der Waals surface area contributed by atoms with Crippen LogP contribution in [0, 0.1) is 12.8 Å². The fraction of sp³-hybridized carbons (Fsp3) is 0.412. The molecule has 1 N–H and O–H groups in total. The van der Waals surface area contributed by atoms with Gasteiger partial charge in [0, 0.05) is 12.7 Å². The molecule has 1 aliphatic rings. The number of thiocarbonyl (C=S) groups is 1. The first-order valence-corrected chi connectivity index (χ1v) is 8.01. The number of aryl methyl sites for hydroxylation is 1. The highest BCUT2D eigenvalue weighted by Crippen LogP contribution is 2.39. The quantitative estimate of drug-likeness (QED) is 0.873. The number of nitrogens with one attached hydrogen (secondary N) is 1. The Balaban J connectivity index is 2.00. The summed E-state index contributed by atoms with van der Waals surface area (Å²) < 4.78 is 5.91. The molecule has 1 saturated heterocycles. The van der Waals surface area contributed by atoms with Crippen molar-refractivity contribution in [2.75, 3.05) is 6.54 Å². The highest BCUT2D eigenvalue weighted by Gasteiger charge is 2.41. The van der Waals surface area contributed by atoms with Crippen molar-refractivity contribution >= 4 is 17.3 Å². The summed E-state index contributed by atoms with van der Waals surface area (Å²) in [5, 5.41) is 4.19. The van der Waals surface area contributed by atoms with E-state index >= 15 is 0 Å². The van der Waals surface area contributed by atoms with E-state index < -0.39 is 0 Å². The largest absolute Gasteiger partial charge is 0.464 e. The third-order valence-electron chi connectivity index (χ3n) is 3.81. The molecule has 2 atom stereocenters. The summed E-state index contributed by atoms with van der Waals surface area (Å²) in [4.78, 5) is 6.72. The molecule has 0 spiro atoms. The summed E-state index contributed by atoms with van der Waals surface area (Å²) in [6, 6.07) is 10.1. The number of furan rings is 1. The van der Waals surface area contributed by atoms with Gasteiger partial charge in [-0.25, -0.2) is 0 Å². The van der Waals surface area contributed by atoms with E-state index in [9.17, 15) is 0 Å². The second-order valence-corrected chi connectivity index (χ2v) is 6.51. The lowest BCUT2D eigenvalue weighted by Crippen LogP contribution is -2.32. The van der Waals surface area contributed by atoms with Crippen molar-refractivity contribution in [2.24, 2.45) is 5.92 Å². The zero-order valence-corrected chi connectivity index (χ0v) is 13.9. The van der Waals surface area contributed by atoms with Crippen LogP contribution in [0.5, 0.6) is 0 Å². The van der Waals surface area contributed by atoms with E-state index in [0.29, 0.717) is 5.92 Å². The second kappa shape index (κ2) is 6.08. The van der Waals surface area contributed by atoms with Gasteiger partial charge >= 0.3 is 0 Å². The summed E-state index contributed by atoms with van der Waals surface area (Å²) in [6.45, 7) is 7.24. The van der Waals surface area contributed by atoms with E-state index in [-0.39, 0.29) is 12.1 Å². The molecule has 22 heavy (non-hydrogen) atoms. The van der Waals surface area contributed by atoms with Crippen molar-refractivity contribution in [1.82, 2.24) is 15.2 Å². The molecule has 0 amide bonds. The topological polar surface area (TPSA) is 41.3 Å². The second-order valence-electron chi connectivity index (χ2n) is 6.12. The Morgan fingerprint density at radius 1 is 1.32 bits per heavy atom. The Morgan fingerprint density at radius 2 is 2.14 bits per heavy atom. The lowest BCUT2D eigenvalue weighted by atomic mass is 10.0. The summed E-state index contributed by atoms with van der Waals surface area (Å²) in [5.41, 5.74) is 0.982. The Morgan fingerprint density at radius 3 is 2.73 bits per heavy atom. The maximum Gasteiger partial charge on any atom is 0.170 e. The zero-order chi connectivity index (χ0) is 15.7. The van der Waals surface area contributed by atoms with Crippen LogP contribution in [-0.4, -0.2) is 21.5 Å². The van der Waals surface area contributed by atoms with Crippen molar-refractivity contribution in [3.05, 3.63) is 53.7 Å². The van der Waals surface area contributed by atoms with E-state index in [1.54, 1.807) is 0 Å². The van der Waals surface area contributed by atoms with Crippen LogP contribution in [0.25, 0.3) is 0 Å². The molecule has 0 aromatic carbocycles.